The molecular weight excluding hydrogens is 326 g/mol. The highest BCUT2D eigenvalue weighted by Gasteiger charge is 2.31. The first-order chi connectivity index (χ1) is 11.4. The first-order valence-corrected chi connectivity index (χ1v) is 9.74. The molecule has 0 saturated carbocycles. The number of rotatable bonds is 6. The molecule has 0 radical (unpaired) electrons. The van der Waals surface area contributed by atoms with Gasteiger partial charge in [-0.1, -0.05) is 6.07 Å². The Morgan fingerprint density at radius 2 is 2.08 bits per heavy atom. The summed E-state index contributed by atoms with van der Waals surface area (Å²) in [6, 6.07) is 5.65. The summed E-state index contributed by atoms with van der Waals surface area (Å²) in [5.41, 5.74) is 2.89. The Balaban J connectivity index is 1.84. The number of H-pyrrole nitrogens is 1. The summed E-state index contributed by atoms with van der Waals surface area (Å²) in [5.74, 6) is -0.420. The maximum atomic E-state index is 12.5. The minimum atomic E-state index is -3.59. The number of carbonyl (C=O) groups is 1. The van der Waals surface area contributed by atoms with Crippen molar-refractivity contribution in [3.8, 4) is 0 Å². The highest BCUT2D eigenvalue weighted by Crippen LogP contribution is 2.24. The molecule has 2 aromatic rings. The van der Waals surface area contributed by atoms with Crippen molar-refractivity contribution in [3.05, 3.63) is 35.5 Å². The summed E-state index contributed by atoms with van der Waals surface area (Å²) in [7, 11) is 0.468. The number of carbonyl (C=O) groups excluding carboxylic acids is 1. The Bertz CT molecular complexity index is 855. The van der Waals surface area contributed by atoms with E-state index in [0.29, 0.717) is 24.9 Å². The number of benzene rings is 1. The monoisotopic (exact) mass is 349 g/mol. The number of aromatic nitrogens is 1. The Morgan fingerprint density at radius 3 is 2.75 bits per heavy atom. The van der Waals surface area contributed by atoms with Gasteiger partial charge >= 0.3 is 0 Å². The molecular formula is C17H23N3O3S. The molecule has 1 saturated heterocycles. The fraction of sp³-hybridized carbons (Fsp3) is 0.471. The van der Waals surface area contributed by atoms with Crippen LogP contribution in [0.3, 0.4) is 0 Å². The van der Waals surface area contributed by atoms with Gasteiger partial charge in [-0.25, -0.2) is 12.7 Å². The molecule has 130 valence electrons. The molecule has 1 aliphatic heterocycles. The van der Waals surface area contributed by atoms with Crippen molar-refractivity contribution in [2.45, 2.75) is 25.0 Å². The third-order valence-electron chi connectivity index (χ3n) is 4.38. The molecule has 1 aromatic heterocycles. The van der Waals surface area contributed by atoms with Gasteiger partial charge in [-0.15, -0.1) is 0 Å². The highest BCUT2D eigenvalue weighted by molar-refractivity contribution is 7.88. The molecule has 24 heavy (non-hydrogen) atoms. The lowest BCUT2D eigenvalue weighted by Gasteiger charge is -2.16. The third-order valence-corrected chi connectivity index (χ3v) is 6.13. The number of amides is 1. The second-order valence-corrected chi connectivity index (χ2v) is 8.47. The van der Waals surface area contributed by atoms with Crippen LogP contribution in [0, 0.1) is 0 Å². The number of sulfonamides is 1. The Labute approximate surface area is 142 Å². The zero-order valence-electron chi connectivity index (χ0n) is 14.1. The SMILES string of the molecule is CN(C)CCc1c[nH]c2ccc(CS(=O)(=O)N3CCCC3=O)cc12. The van der Waals surface area contributed by atoms with Gasteiger partial charge in [0.2, 0.25) is 15.9 Å². The van der Waals surface area contributed by atoms with Gasteiger partial charge in [0.1, 0.15) is 0 Å². The molecule has 3 rings (SSSR count). The molecule has 1 aliphatic rings. The maximum Gasteiger partial charge on any atom is 0.241 e. The Kier molecular flexibility index (Phi) is 4.64. The van der Waals surface area contributed by atoms with E-state index in [1.54, 1.807) is 0 Å². The van der Waals surface area contributed by atoms with E-state index in [-0.39, 0.29) is 11.7 Å². The quantitative estimate of drug-likeness (QED) is 0.862. The van der Waals surface area contributed by atoms with Crippen molar-refractivity contribution in [3.63, 3.8) is 0 Å². The molecule has 0 atom stereocenters. The van der Waals surface area contributed by atoms with E-state index in [1.165, 1.54) is 5.56 Å². The number of aromatic amines is 1. The van der Waals surface area contributed by atoms with Crippen molar-refractivity contribution < 1.29 is 13.2 Å². The topological polar surface area (TPSA) is 73.5 Å². The van der Waals surface area contributed by atoms with Gasteiger partial charge in [0.15, 0.2) is 0 Å². The van der Waals surface area contributed by atoms with Crippen LogP contribution in [0.25, 0.3) is 10.9 Å². The standard InChI is InChI=1S/C17H23N3O3S/c1-19(2)9-7-14-11-18-16-6-5-13(10-15(14)16)12-24(22,23)20-8-3-4-17(20)21/h5-6,10-11,18H,3-4,7-9,12H2,1-2H3. The van der Waals surface area contributed by atoms with Crippen molar-refractivity contribution in [2.24, 2.45) is 0 Å². The number of likely N-dealkylation sites (N-methyl/N-ethyl adjacent to an activating group) is 1. The van der Waals surface area contributed by atoms with Crippen LogP contribution in [0.1, 0.15) is 24.0 Å². The lowest BCUT2D eigenvalue weighted by Crippen LogP contribution is -2.32. The van der Waals surface area contributed by atoms with Gasteiger partial charge in [-0.3, -0.25) is 4.79 Å². The summed E-state index contributed by atoms with van der Waals surface area (Å²) in [5, 5.41) is 1.05. The van der Waals surface area contributed by atoms with E-state index in [0.717, 1.165) is 28.2 Å². The molecule has 0 aliphatic carbocycles. The van der Waals surface area contributed by atoms with Gasteiger partial charge < -0.3 is 9.88 Å². The van der Waals surface area contributed by atoms with Crippen molar-refractivity contribution in [1.29, 1.82) is 0 Å². The molecule has 1 fully saturated rings. The van der Waals surface area contributed by atoms with Crippen LogP contribution >= 0.6 is 0 Å². The minimum absolute atomic E-state index is 0.132. The molecule has 0 spiro atoms. The average Bonchev–Trinajstić information content (AvgIpc) is 3.11. The van der Waals surface area contributed by atoms with Crippen LogP contribution in [-0.4, -0.2) is 55.7 Å². The summed E-state index contributed by atoms with van der Waals surface area (Å²) in [4.78, 5) is 17.1. The van der Waals surface area contributed by atoms with Gasteiger partial charge in [0.05, 0.1) is 5.75 Å². The highest BCUT2D eigenvalue weighted by atomic mass is 32.2. The second kappa shape index (κ2) is 6.57. The molecule has 0 unspecified atom stereocenters. The van der Waals surface area contributed by atoms with Crippen LogP contribution in [0.2, 0.25) is 0 Å². The lowest BCUT2D eigenvalue weighted by atomic mass is 10.1. The fourth-order valence-electron chi connectivity index (χ4n) is 3.07. The number of nitrogens with zero attached hydrogens (tertiary/aromatic N) is 2. The van der Waals surface area contributed by atoms with Gasteiger partial charge in [-0.2, -0.15) is 0 Å². The smallest absolute Gasteiger partial charge is 0.241 e. The first-order valence-electron chi connectivity index (χ1n) is 8.14. The molecule has 1 amide bonds. The second-order valence-electron chi connectivity index (χ2n) is 6.57. The zero-order chi connectivity index (χ0) is 17.3. The maximum absolute atomic E-state index is 12.5. The van der Waals surface area contributed by atoms with Crippen LogP contribution in [-0.2, 0) is 27.0 Å². The van der Waals surface area contributed by atoms with Crippen LogP contribution in [0.5, 0.6) is 0 Å². The van der Waals surface area contributed by atoms with Crippen LogP contribution in [0.4, 0.5) is 0 Å². The largest absolute Gasteiger partial charge is 0.361 e. The average molecular weight is 349 g/mol. The van der Waals surface area contributed by atoms with Gasteiger partial charge in [0, 0.05) is 36.6 Å². The molecule has 0 bridgehead atoms. The van der Waals surface area contributed by atoms with Crippen molar-refractivity contribution >= 4 is 26.8 Å². The van der Waals surface area contributed by atoms with E-state index in [1.807, 2.05) is 38.5 Å². The predicted molar refractivity (Wildman–Crippen MR) is 94.1 cm³/mol. The normalized spacial score (nSPS) is 15.8. The van der Waals surface area contributed by atoms with E-state index in [9.17, 15) is 13.2 Å². The van der Waals surface area contributed by atoms with Gasteiger partial charge in [0.25, 0.3) is 0 Å². The van der Waals surface area contributed by atoms with E-state index in [4.69, 9.17) is 0 Å². The minimum Gasteiger partial charge on any atom is -0.361 e. The first kappa shape index (κ1) is 17.0. The van der Waals surface area contributed by atoms with E-state index in [2.05, 4.69) is 9.88 Å². The predicted octanol–water partition coefficient (Wildman–Crippen LogP) is 1.72. The summed E-state index contributed by atoms with van der Waals surface area (Å²) >= 11 is 0. The van der Waals surface area contributed by atoms with Crippen LogP contribution in [0.15, 0.2) is 24.4 Å². The molecule has 1 aromatic carbocycles. The zero-order valence-corrected chi connectivity index (χ0v) is 14.9. The summed E-state index contributed by atoms with van der Waals surface area (Å²) in [6.45, 7) is 1.24. The van der Waals surface area contributed by atoms with E-state index >= 15 is 0 Å². The van der Waals surface area contributed by atoms with Crippen molar-refractivity contribution in [2.75, 3.05) is 27.2 Å². The number of fused-ring (bicyclic) bond motifs is 1. The summed E-state index contributed by atoms with van der Waals surface area (Å²) < 4.78 is 26.0. The van der Waals surface area contributed by atoms with Gasteiger partial charge in [-0.05, 0) is 50.2 Å². The molecule has 2 heterocycles. The van der Waals surface area contributed by atoms with Crippen LogP contribution < -0.4 is 0 Å². The lowest BCUT2D eigenvalue weighted by molar-refractivity contribution is -0.123. The molecule has 7 heteroatoms. The fourth-order valence-corrected chi connectivity index (χ4v) is 4.64. The number of hydrogen-bond donors (Lipinski definition) is 1. The van der Waals surface area contributed by atoms with Crippen molar-refractivity contribution in [1.82, 2.24) is 14.2 Å². The third kappa shape index (κ3) is 3.47. The number of hydrogen-bond acceptors (Lipinski definition) is 4. The number of nitrogens with one attached hydrogen (secondary N) is 1. The Hall–Kier alpha value is -1.86. The Morgan fingerprint density at radius 1 is 1.29 bits per heavy atom. The van der Waals surface area contributed by atoms with E-state index < -0.39 is 10.0 Å². The molecule has 6 nitrogen and oxygen atoms in total. The summed E-state index contributed by atoms with van der Waals surface area (Å²) in [6.07, 6.45) is 3.82. The molecule has 1 N–H and O–H groups in total.